The maximum atomic E-state index is 10.8. The topological polar surface area (TPSA) is 109 Å². The van der Waals surface area contributed by atoms with Gasteiger partial charge in [0.05, 0.1) is 6.04 Å². The van der Waals surface area contributed by atoms with Crippen molar-refractivity contribution in [1.82, 2.24) is 5.32 Å². The second-order valence-corrected chi connectivity index (χ2v) is 4.86. The van der Waals surface area contributed by atoms with Gasteiger partial charge in [-0.2, -0.15) is 8.42 Å². The van der Waals surface area contributed by atoms with Crippen molar-refractivity contribution >= 4 is 16.0 Å². The molecule has 1 saturated heterocycles. The van der Waals surface area contributed by atoms with E-state index in [0.29, 0.717) is 0 Å². The number of amides is 1. The van der Waals surface area contributed by atoms with Crippen LogP contribution in [0.15, 0.2) is 0 Å². The predicted octanol–water partition coefficient (Wildman–Crippen LogP) is -1.32. The molecule has 3 atom stereocenters. The van der Waals surface area contributed by atoms with E-state index in [4.69, 9.17) is 10.3 Å². The highest BCUT2D eigenvalue weighted by Crippen LogP contribution is 2.22. The lowest BCUT2D eigenvalue weighted by molar-refractivity contribution is -0.120. The Hall–Kier alpha value is -0.660. The molecule has 0 aromatic heterocycles. The number of rotatable bonds is 2. The first kappa shape index (κ1) is 10.4. The van der Waals surface area contributed by atoms with Crippen molar-refractivity contribution in [3.05, 3.63) is 0 Å². The summed E-state index contributed by atoms with van der Waals surface area (Å²) in [5, 5.41) is 1.40. The maximum absolute atomic E-state index is 10.8. The lowest BCUT2D eigenvalue weighted by atomic mass is 10.0. The molecule has 1 amide bonds. The standard InChI is InChI=1S/C6H12N2O4S/c1-3-2-4(13(10,11)12)8-5(3)6(7)9/h3-5,8H,2H2,1H3,(H2,7,9)(H,10,11,12)/t3-,4+,5-/m1/s1. The van der Waals surface area contributed by atoms with Crippen molar-refractivity contribution in [3.8, 4) is 0 Å². The van der Waals surface area contributed by atoms with Crippen molar-refractivity contribution in [2.45, 2.75) is 24.8 Å². The van der Waals surface area contributed by atoms with Crippen LogP contribution in [0.4, 0.5) is 0 Å². The molecule has 0 aromatic carbocycles. The van der Waals surface area contributed by atoms with Crippen LogP contribution in [0.1, 0.15) is 13.3 Å². The minimum Gasteiger partial charge on any atom is -0.368 e. The number of primary amides is 1. The van der Waals surface area contributed by atoms with Gasteiger partial charge >= 0.3 is 0 Å². The molecule has 6 nitrogen and oxygen atoms in total. The van der Waals surface area contributed by atoms with Crippen LogP contribution in [0.2, 0.25) is 0 Å². The molecule has 1 fully saturated rings. The highest BCUT2D eigenvalue weighted by atomic mass is 32.2. The van der Waals surface area contributed by atoms with Gasteiger partial charge in [-0.05, 0) is 12.3 Å². The van der Waals surface area contributed by atoms with E-state index in [1.165, 1.54) is 0 Å². The van der Waals surface area contributed by atoms with Crippen LogP contribution in [0.25, 0.3) is 0 Å². The Kier molecular flexibility index (Phi) is 2.60. The Morgan fingerprint density at radius 1 is 1.62 bits per heavy atom. The van der Waals surface area contributed by atoms with Gasteiger partial charge < -0.3 is 5.73 Å². The van der Waals surface area contributed by atoms with E-state index < -0.39 is 27.4 Å². The fourth-order valence-electron chi connectivity index (χ4n) is 1.48. The van der Waals surface area contributed by atoms with Crippen LogP contribution >= 0.6 is 0 Å². The third-order valence-corrected chi connectivity index (χ3v) is 3.23. The molecule has 76 valence electrons. The molecule has 0 spiro atoms. The molecule has 1 heterocycles. The summed E-state index contributed by atoms with van der Waals surface area (Å²) in [7, 11) is -4.12. The second kappa shape index (κ2) is 3.24. The minimum atomic E-state index is -4.12. The van der Waals surface area contributed by atoms with Gasteiger partial charge in [0.2, 0.25) is 5.91 Å². The number of nitrogens with two attached hydrogens (primary N) is 1. The summed E-state index contributed by atoms with van der Waals surface area (Å²) in [4.78, 5) is 10.8. The third-order valence-electron chi connectivity index (χ3n) is 2.19. The predicted molar refractivity (Wildman–Crippen MR) is 45.2 cm³/mol. The van der Waals surface area contributed by atoms with Crippen LogP contribution in [-0.2, 0) is 14.9 Å². The van der Waals surface area contributed by atoms with Gasteiger partial charge in [0.1, 0.15) is 5.37 Å². The van der Waals surface area contributed by atoms with E-state index in [1.54, 1.807) is 6.92 Å². The SMILES string of the molecule is C[C@@H]1C[C@H](S(=O)(=O)O)N[C@H]1C(N)=O. The Bertz CT molecular complexity index is 313. The summed E-state index contributed by atoms with van der Waals surface area (Å²) in [5.41, 5.74) is 5.02. The van der Waals surface area contributed by atoms with Crippen LogP contribution in [0.3, 0.4) is 0 Å². The molecule has 0 aliphatic carbocycles. The Balaban J connectivity index is 2.77. The lowest BCUT2D eigenvalue weighted by Gasteiger charge is -2.10. The van der Waals surface area contributed by atoms with Gasteiger partial charge in [0.25, 0.3) is 10.1 Å². The molecular formula is C6H12N2O4S. The van der Waals surface area contributed by atoms with E-state index in [9.17, 15) is 13.2 Å². The molecule has 0 unspecified atom stereocenters. The van der Waals surface area contributed by atoms with Gasteiger partial charge in [-0.3, -0.25) is 14.7 Å². The van der Waals surface area contributed by atoms with Crippen molar-refractivity contribution in [2.24, 2.45) is 11.7 Å². The molecule has 13 heavy (non-hydrogen) atoms. The average molecular weight is 208 g/mol. The summed E-state index contributed by atoms with van der Waals surface area (Å²) in [6, 6.07) is -0.674. The van der Waals surface area contributed by atoms with E-state index in [1.807, 2.05) is 0 Å². The lowest BCUT2D eigenvalue weighted by Crippen LogP contribution is -2.43. The molecule has 0 bridgehead atoms. The van der Waals surface area contributed by atoms with Crippen molar-refractivity contribution < 1.29 is 17.8 Å². The van der Waals surface area contributed by atoms with Crippen LogP contribution in [-0.4, -0.2) is 30.3 Å². The molecule has 0 saturated carbocycles. The minimum absolute atomic E-state index is 0.176. The zero-order valence-electron chi connectivity index (χ0n) is 7.10. The van der Waals surface area contributed by atoms with Crippen molar-refractivity contribution in [2.75, 3.05) is 0 Å². The maximum Gasteiger partial charge on any atom is 0.281 e. The van der Waals surface area contributed by atoms with Crippen LogP contribution in [0.5, 0.6) is 0 Å². The monoisotopic (exact) mass is 208 g/mol. The normalized spacial score (nSPS) is 34.8. The fourth-order valence-corrected chi connectivity index (χ4v) is 2.34. The fraction of sp³-hybridized carbons (Fsp3) is 0.833. The number of nitrogens with one attached hydrogen (secondary N) is 1. The Morgan fingerprint density at radius 3 is 2.38 bits per heavy atom. The molecule has 4 N–H and O–H groups in total. The summed E-state index contributed by atoms with van der Waals surface area (Å²) in [6.45, 7) is 1.70. The second-order valence-electron chi connectivity index (χ2n) is 3.26. The molecule has 1 aliphatic rings. The zero-order chi connectivity index (χ0) is 10.2. The molecule has 7 heteroatoms. The number of hydrogen-bond acceptors (Lipinski definition) is 4. The Morgan fingerprint density at radius 2 is 2.15 bits per heavy atom. The van der Waals surface area contributed by atoms with E-state index in [-0.39, 0.29) is 12.3 Å². The number of hydrogen-bond donors (Lipinski definition) is 3. The average Bonchev–Trinajstić information content (AvgIpc) is 2.29. The highest BCUT2D eigenvalue weighted by Gasteiger charge is 2.39. The van der Waals surface area contributed by atoms with Gasteiger partial charge in [-0.25, -0.2) is 0 Å². The zero-order valence-corrected chi connectivity index (χ0v) is 7.91. The van der Waals surface area contributed by atoms with E-state index >= 15 is 0 Å². The summed E-state index contributed by atoms with van der Waals surface area (Å²) in [6.07, 6.45) is 0.201. The highest BCUT2D eigenvalue weighted by molar-refractivity contribution is 7.86. The van der Waals surface area contributed by atoms with Gasteiger partial charge in [0, 0.05) is 0 Å². The number of carbonyl (C=O) groups is 1. The summed E-state index contributed by atoms with van der Waals surface area (Å²) in [5.74, 6) is -0.775. The largest absolute Gasteiger partial charge is 0.368 e. The Labute approximate surface area is 76.2 Å². The van der Waals surface area contributed by atoms with Crippen molar-refractivity contribution in [3.63, 3.8) is 0 Å². The summed E-state index contributed by atoms with van der Waals surface area (Å²) >= 11 is 0. The molecular weight excluding hydrogens is 196 g/mol. The molecule has 0 aromatic rings. The molecule has 1 aliphatic heterocycles. The first-order valence-electron chi connectivity index (χ1n) is 3.84. The van der Waals surface area contributed by atoms with Crippen LogP contribution < -0.4 is 11.1 Å². The van der Waals surface area contributed by atoms with E-state index in [0.717, 1.165) is 0 Å². The van der Waals surface area contributed by atoms with Gasteiger partial charge in [-0.15, -0.1) is 0 Å². The number of carbonyl (C=O) groups excluding carboxylic acids is 1. The molecule has 1 rings (SSSR count). The molecule has 0 radical (unpaired) electrons. The van der Waals surface area contributed by atoms with Crippen LogP contribution in [0, 0.1) is 5.92 Å². The van der Waals surface area contributed by atoms with Gasteiger partial charge in [0.15, 0.2) is 0 Å². The van der Waals surface area contributed by atoms with Gasteiger partial charge in [-0.1, -0.05) is 6.92 Å². The first-order valence-corrected chi connectivity index (χ1v) is 5.34. The quantitative estimate of drug-likeness (QED) is 0.488. The first-order chi connectivity index (χ1) is 5.82. The third kappa shape index (κ3) is 2.17. The summed E-state index contributed by atoms with van der Waals surface area (Å²) < 4.78 is 30.1. The van der Waals surface area contributed by atoms with Crippen molar-refractivity contribution in [1.29, 1.82) is 0 Å². The smallest absolute Gasteiger partial charge is 0.281 e. The van der Waals surface area contributed by atoms with E-state index in [2.05, 4.69) is 5.32 Å².